The molecule has 0 aliphatic carbocycles. The fourth-order valence-corrected chi connectivity index (χ4v) is 4.15. The summed E-state index contributed by atoms with van der Waals surface area (Å²) in [6.45, 7) is 5.75. The highest BCUT2D eigenvalue weighted by molar-refractivity contribution is 7.89. The third-order valence-electron chi connectivity index (χ3n) is 4.17. The van der Waals surface area contributed by atoms with Gasteiger partial charge in [-0.1, -0.05) is 32.0 Å². The van der Waals surface area contributed by atoms with Gasteiger partial charge in [0, 0.05) is 26.2 Å². The number of hydrogen-bond donors (Lipinski definition) is 2. The smallest absolute Gasteiger partial charge is 0.243 e. The molecule has 0 aliphatic heterocycles. The lowest BCUT2D eigenvalue weighted by molar-refractivity contribution is 0.373. The largest absolute Gasteiger partial charge is 0.504 e. The van der Waals surface area contributed by atoms with E-state index in [2.05, 4.69) is 5.32 Å². The zero-order chi connectivity index (χ0) is 19.2. The first-order chi connectivity index (χ1) is 12.4. The van der Waals surface area contributed by atoms with E-state index in [0.29, 0.717) is 36.8 Å². The molecule has 0 amide bonds. The van der Waals surface area contributed by atoms with Crippen molar-refractivity contribution in [2.24, 2.45) is 0 Å². The van der Waals surface area contributed by atoms with Crippen molar-refractivity contribution in [2.45, 2.75) is 31.8 Å². The van der Waals surface area contributed by atoms with Gasteiger partial charge in [-0.3, -0.25) is 0 Å². The number of aromatic hydroxyl groups is 1. The SMILES string of the molecule is CCN(CC)S(=O)(=O)c1ccc(CNCc2ccc(OC)c(O)c2)cc1. The van der Waals surface area contributed by atoms with Gasteiger partial charge in [0.15, 0.2) is 11.5 Å². The number of sulfonamides is 1. The molecule has 142 valence electrons. The van der Waals surface area contributed by atoms with Crippen LogP contribution in [0, 0.1) is 0 Å². The van der Waals surface area contributed by atoms with Gasteiger partial charge in [-0.2, -0.15) is 4.31 Å². The van der Waals surface area contributed by atoms with Crippen molar-refractivity contribution in [1.29, 1.82) is 0 Å². The third-order valence-corrected chi connectivity index (χ3v) is 6.23. The number of ether oxygens (including phenoxy) is 1. The van der Waals surface area contributed by atoms with E-state index < -0.39 is 10.0 Å². The molecule has 2 rings (SSSR count). The molecule has 6 nitrogen and oxygen atoms in total. The van der Waals surface area contributed by atoms with Crippen LogP contribution in [-0.4, -0.2) is 38.0 Å². The molecule has 26 heavy (non-hydrogen) atoms. The van der Waals surface area contributed by atoms with Crippen LogP contribution < -0.4 is 10.1 Å². The summed E-state index contributed by atoms with van der Waals surface area (Å²) in [7, 11) is -1.91. The number of phenols is 1. The van der Waals surface area contributed by atoms with Gasteiger partial charge in [-0.15, -0.1) is 0 Å². The van der Waals surface area contributed by atoms with Gasteiger partial charge >= 0.3 is 0 Å². The van der Waals surface area contributed by atoms with Crippen molar-refractivity contribution in [3.05, 3.63) is 53.6 Å². The summed E-state index contributed by atoms with van der Waals surface area (Å²) < 4.78 is 31.4. The predicted octanol–water partition coefficient (Wildman–Crippen LogP) is 2.72. The van der Waals surface area contributed by atoms with Crippen molar-refractivity contribution < 1.29 is 18.3 Å². The van der Waals surface area contributed by atoms with E-state index in [9.17, 15) is 13.5 Å². The molecule has 0 unspecified atom stereocenters. The number of rotatable bonds is 9. The lowest BCUT2D eigenvalue weighted by atomic mass is 10.2. The molecule has 0 saturated carbocycles. The fraction of sp³-hybridized carbons (Fsp3) is 0.368. The molecule has 0 heterocycles. The van der Waals surface area contributed by atoms with E-state index in [4.69, 9.17) is 4.74 Å². The first-order valence-corrected chi connectivity index (χ1v) is 10.0. The van der Waals surface area contributed by atoms with E-state index >= 15 is 0 Å². The summed E-state index contributed by atoms with van der Waals surface area (Å²) in [5.74, 6) is 0.552. The summed E-state index contributed by atoms with van der Waals surface area (Å²) in [5, 5.41) is 13.1. The van der Waals surface area contributed by atoms with Crippen LogP contribution in [0.25, 0.3) is 0 Å². The molecule has 0 aliphatic rings. The van der Waals surface area contributed by atoms with Crippen LogP contribution in [0.1, 0.15) is 25.0 Å². The lowest BCUT2D eigenvalue weighted by Gasteiger charge is -2.18. The van der Waals surface area contributed by atoms with Crippen LogP contribution in [0.5, 0.6) is 11.5 Å². The first-order valence-electron chi connectivity index (χ1n) is 8.58. The minimum Gasteiger partial charge on any atom is -0.504 e. The van der Waals surface area contributed by atoms with Crippen LogP contribution >= 0.6 is 0 Å². The molecule has 2 aromatic carbocycles. The van der Waals surface area contributed by atoms with Gasteiger partial charge < -0.3 is 15.2 Å². The molecule has 0 radical (unpaired) electrons. The Balaban J connectivity index is 1.96. The number of methoxy groups -OCH3 is 1. The number of hydrogen-bond acceptors (Lipinski definition) is 5. The van der Waals surface area contributed by atoms with E-state index in [1.807, 2.05) is 32.0 Å². The van der Waals surface area contributed by atoms with Gasteiger partial charge in [0.1, 0.15) is 0 Å². The summed E-state index contributed by atoms with van der Waals surface area (Å²) >= 11 is 0. The summed E-state index contributed by atoms with van der Waals surface area (Å²) in [6, 6.07) is 12.2. The van der Waals surface area contributed by atoms with E-state index in [1.165, 1.54) is 11.4 Å². The molecule has 0 saturated heterocycles. The topological polar surface area (TPSA) is 78.9 Å². The molecular weight excluding hydrogens is 352 g/mol. The number of nitrogens with one attached hydrogen (secondary N) is 1. The molecule has 0 bridgehead atoms. The summed E-state index contributed by atoms with van der Waals surface area (Å²) in [5.41, 5.74) is 1.92. The van der Waals surface area contributed by atoms with Gasteiger partial charge in [-0.05, 0) is 35.4 Å². The zero-order valence-corrected chi connectivity index (χ0v) is 16.2. The standard InChI is InChI=1S/C19H26N2O4S/c1-4-21(5-2)26(23,24)17-9-6-15(7-10-17)13-20-14-16-8-11-19(25-3)18(22)12-16/h6-12,20,22H,4-5,13-14H2,1-3H3. The minimum atomic E-state index is -3.42. The zero-order valence-electron chi connectivity index (χ0n) is 15.4. The molecule has 2 aromatic rings. The van der Waals surface area contributed by atoms with Crippen molar-refractivity contribution in [2.75, 3.05) is 20.2 Å². The highest BCUT2D eigenvalue weighted by atomic mass is 32.2. The molecule has 7 heteroatoms. The maximum absolute atomic E-state index is 12.5. The van der Waals surface area contributed by atoms with Crippen molar-refractivity contribution in [3.63, 3.8) is 0 Å². The maximum Gasteiger partial charge on any atom is 0.243 e. The Morgan fingerprint density at radius 2 is 1.58 bits per heavy atom. The van der Waals surface area contributed by atoms with E-state index in [0.717, 1.165) is 11.1 Å². The molecule has 0 fully saturated rings. The molecule has 0 spiro atoms. The average Bonchev–Trinajstić information content (AvgIpc) is 2.63. The second-order valence-corrected chi connectivity index (χ2v) is 7.78. The van der Waals surface area contributed by atoms with E-state index in [1.54, 1.807) is 24.3 Å². The Morgan fingerprint density at radius 3 is 2.12 bits per heavy atom. The molecule has 2 N–H and O–H groups in total. The van der Waals surface area contributed by atoms with Crippen molar-refractivity contribution in [3.8, 4) is 11.5 Å². The molecular formula is C19H26N2O4S. The third kappa shape index (κ3) is 4.75. The summed E-state index contributed by atoms with van der Waals surface area (Å²) in [6.07, 6.45) is 0. The highest BCUT2D eigenvalue weighted by Gasteiger charge is 2.20. The van der Waals surface area contributed by atoms with Crippen LogP contribution in [0.3, 0.4) is 0 Å². The minimum absolute atomic E-state index is 0.109. The average molecular weight is 378 g/mol. The van der Waals surface area contributed by atoms with Crippen LogP contribution in [-0.2, 0) is 23.1 Å². The first kappa shape index (κ1) is 20.2. The van der Waals surface area contributed by atoms with Crippen LogP contribution in [0.2, 0.25) is 0 Å². The van der Waals surface area contributed by atoms with Gasteiger partial charge in [0.25, 0.3) is 0 Å². The van der Waals surface area contributed by atoms with Crippen LogP contribution in [0.4, 0.5) is 0 Å². The summed E-state index contributed by atoms with van der Waals surface area (Å²) in [4.78, 5) is 0.310. The van der Waals surface area contributed by atoms with Crippen molar-refractivity contribution in [1.82, 2.24) is 9.62 Å². The number of phenolic OH excluding ortho intramolecular Hbond substituents is 1. The Morgan fingerprint density at radius 1 is 1.00 bits per heavy atom. The highest BCUT2D eigenvalue weighted by Crippen LogP contribution is 2.26. The van der Waals surface area contributed by atoms with Gasteiger partial charge in [0.2, 0.25) is 10.0 Å². The van der Waals surface area contributed by atoms with Gasteiger partial charge in [0.05, 0.1) is 12.0 Å². The normalized spacial score (nSPS) is 11.7. The Labute approximate surface area is 155 Å². The fourth-order valence-electron chi connectivity index (χ4n) is 2.69. The van der Waals surface area contributed by atoms with Crippen molar-refractivity contribution >= 4 is 10.0 Å². The Hall–Kier alpha value is -2.09. The lowest BCUT2D eigenvalue weighted by Crippen LogP contribution is -2.30. The predicted molar refractivity (Wildman–Crippen MR) is 102 cm³/mol. The number of nitrogens with zero attached hydrogens (tertiary/aromatic N) is 1. The molecule has 0 aromatic heterocycles. The van der Waals surface area contributed by atoms with E-state index in [-0.39, 0.29) is 5.75 Å². The van der Waals surface area contributed by atoms with Gasteiger partial charge in [-0.25, -0.2) is 8.42 Å². The second kappa shape index (κ2) is 9.02. The Kier molecular flexibility index (Phi) is 7.02. The quantitative estimate of drug-likeness (QED) is 0.701. The number of benzene rings is 2. The molecule has 0 atom stereocenters. The maximum atomic E-state index is 12.5. The monoisotopic (exact) mass is 378 g/mol. The Bertz CT molecular complexity index is 816. The second-order valence-electron chi connectivity index (χ2n) is 5.84. The van der Waals surface area contributed by atoms with Crippen LogP contribution in [0.15, 0.2) is 47.4 Å².